The second-order valence-corrected chi connectivity index (χ2v) is 3.63. The fourth-order valence-corrected chi connectivity index (χ4v) is 1.29. The number of benzene rings is 1. The van der Waals surface area contributed by atoms with Gasteiger partial charge in [0.05, 0.1) is 18.6 Å². The minimum absolute atomic E-state index is 0. The van der Waals surface area contributed by atoms with Crippen molar-refractivity contribution in [3.8, 4) is 0 Å². The standard InChI is InChI=1S/C10H11NO3.C5H5.2CO.Fe/c1-7(12)11-9-5-3-8(4-6-9)10(13)14-2;1-2-4-5-3-1;2*1-2;/h3-6H,1-2H3,(H,11,12,13);1-5H;;;/q;-1;;;+2/p-1. The molecule has 7 heteroatoms. The molecule has 0 saturated heterocycles. The van der Waals surface area contributed by atoms with Crippen molar-refractivity contribution in [1.29, 1.82) is 0 Å². The Kier molecular flexibility index (Phi) is 20.4. The molecule has 2 rings (SSSR count). The summed E-state index contributed by atoms with van der Waals surface area (Å²) in [5.74, 6) is -0.671. The monoisotopic (exact) mass is 369 g/mol. The SMILES string of the molecule is COC(=O)c1ccc([N-]C(C)=O)cc1.[C-]#[O+].[C-]#[O+].[Fe+2].c1cc[cH-]c1. The van der Waals surface area contributed by atoms with Gasteiger partial charge in [0.1, 0.15) is 0 Å². The van der Waals surface area contributed by atoms with Crippen molar-refractivity contribution in [2.75, 3.05) is 7.11 Å². The average Bonchev–Trinajstić information content (AvgIpc) is 3.18. The van der Waals surface area contributed by atoms with Gasteiger partial charge in [0.2, 0.25) is 0 Å². The van der Waals surface area contributed by atoms with Crippen LogP contribution in [0.25, 0.3) is 5.32 Å². The number of amides is 1. The first-order valence-corrected chi connectivity index (χ1v) is 6.11. The number of esters is 1. The van der Waals surface area contributed by atoms with Gasteiger partial charge in [-0.1, -0.05) is 12.1 Å². The van der Waals surface area contributed by atoms with E-state index in [1.807, 2.05) is 30.3 Å². The van der Waals surface area contributed by atoms with Crippen molar-refractivity contribution < 1.29 is 40.7 Å². The predicted molar refractivity (Wildman–Crippen MR) is 81.4 cm³/mol. The largest absolute Gasteiger partial charge is 2.00 e. The quantitative estimate of drug-likeness (QED) is 0.351. The first-order valence-electron chi connectivity index (χ1n) is 6.11. The maximum Gasteiger partial charge on any atom is 2.00 e. The van der Waals surface area contributed by atoms with Gasteiger partial charge < -0.3 is 14.8 Å². The molecule has 0 spiro atoms. The third kappa shape index (κ3) is 13.2. The smallest absolute Gasteiger partial charge is 0.214 e. The molecular weight excluding hydrogens is 354 g/mol. The topological polar surface area (TPSA) is 97.3 Å². The number of carbonyl (C=O) groups is 2. The van der Waals surface area contributed by atoms with E-state index in [0.717, 1.165) is 0 Å². The van der Waals surface area contributed by atoms with Crippen molar-refractivity contribution in [3.05, 3.63) is 78.8 Å². The minimum Gasteiger partial charge on any atom is -0.214 e. The van der Waals surface area contributed by atoms with Gasteiger partial charge in [0, 0.05) is 0 Å². The maximum absolute atomic E-state index is 11.0. The van der Waals surface area contributed by atoms with Gasteiger partial charge in [0.15, 0.2) is 0 Å². The summed E-state index contributed by atoms with van der Waals surface area (Å²) < 4.78 is 19.5. The maximum atomic E-state index is 11.0. The van der Waals surface area contributed by atoms with Crippen LogP contribution in [0.2, 0.25) is 0 Å². The molecule has 0 aliphatic heterocycles. The number of ether oxygens (including phenoxy) is 1. The fourth-order valence-electron chi connectivity index (χ4n) is 1.29. The molecule has 2 aromatic rings. The number of nitrogens with zero attached hydrogens (tertiary/aromatic N) is 1. The molecule has 0 aromatic heterocycles. The van der Waals surface area contributed by atoms with E-state index in [1.54, 1.807) is 24.3 Å². The van der Waals surface area contributed by atoms with Crippen LogP contribution in [-0.2, 0) is 35.9 Å². The Morgan fingerprint density at radius 3 is 1.79 bits per heavy atom. The van der Waals surface area contributed by atoms with Gasteiger partial charge in [0.25, 0.3) is 0 Å². The van der Waals surface area contributed by atoms with Crippen LogP contribution in [-0.4, -0.2) is 19.0 Å². The summed E-state index contributed by atoms with van der Waals surface area (Å²) in [4.78, 5) is 21.7. The third-order valence-electron chi connectivity index (χ3n) is 2.13. The normalized spacial score (nSPS) is 7.25. The zero-order valence-electron chi connectivity index (χ0n) is 13.0. The van der Waals surface area contributed by atoms with Gasteiger partial charge in [-0.3, -0.25) is 0 Å². The Labute approximate surface area is 151 Å². The molecule has 0 aliphatic carbocycles. The molecule has 0 atom stereocenters. The molecule has 0 fully saturated rings. The van der Waals surface area contributed by atoms with Gasteiger partial charge in [-0.15, -0.1) is 5.69 Å². The van der Waals surface area contributed by atoms with E-state index in [4.69, 9.17) is 9.30 Å². The molecule has 1 amide bonds. The molecular formula is C17H15FeNO5. The van der Waals surface area contributed by atoms with E-state index in [1.165, 1.54) is 14.0 Å². The molecule has 0 unspecified atom stereocenters. The molecule has 2 aromatic carbocycles. The first-order chi connectivity index (χ1) is 11.1. The number of hydrogen-bond acceptors (Lipinski definition) is 3. The molecule has 0 bridgehead atoms. The van der Waals surface area contributed by atoms with Crippen molar-refractivity contribution in [1.82, 2.24) is 0 Å². The van der Waals surface area contributed by atoms with E-state index in [0.29, 0.717) is 11.3 Å². The Morgan fingerprint density at radius 2 is 1.50 bits per heavy atom. The predicted octanol–water partition coefficient (Wildman–Crippen LogP) is 3.35. The van der Waals surface area contributed by atoms with E-state index in [2.05, 4.69) is 23.4 Å². The number of carbonyl (C=O) groups excluding carboxylic acids is 2. The molecule has 24 heavy (non-hydrogen) atoms. The summed E-state index contributed by atoms with van der Waals surface area (Å²) in [6.45, 7) is 10.4. The molecule has 0 saturated carbocycles. The summed E-state index contributed by atoms with van der Waals surface area (Å²) in [5, 5.41) is 3.69. The summed E-state index contributed by atoms with van der Waals surface area (Å²) >= 11 is 0. The Bertz CT molecular complexity index is 565. The van der Waals surface area contributed by atoms with Crippen LogP contribution in [0.15, 0.2) is 54.6 Å². The number of hydrogen-bond donors (Lipinski definition) is 0. The van der Waals surface area contributed by atoms with Crippen LogP contribution >= 0.6 is 0 Å². The third-order valence-corrected chi connectivity index (χ3v) is 2.13. The van der Waals surface area contributed by atoms with Crippen molar-refractivity contribution in [2.45, 2.75) is 6.92 Å². The fraction of sp³-hybridized carbons (Fsp3) is 0.118. The van der Waals surface area contributed by atoms with E-state index < -0.39 is 5.97 Å². The van der Waals surface area contributed by atoms with Gasteiger partial charge in [-0.25, -0.2) is 16.9 Å². The van der Waals surface area contributed by atoms with Gasteiger partial charge >= 0.3 is 45.6 Å². The van der Waals surface area contributed by atoms with Crippen molar-refractivity contribution in [2.24, 2.45) is 0 Å². The van der Waals surface area contributed by atoms with Crippen molar-refractivity contribution >= 4 is 17.6 Å². The second kappa shape index (κ2) is 18.6. The number of rotatable bonds is 2. The summed E-state index contributed by atoms with van der Waals surface area (Å²) in [7, 11) is 1.32. The molecule has 0 aliphatic rings. The molecule has 126 valence electrons. The zero-order chi connectivity index (χ0) is 18.1. The van der Waals surface area contributed by atoms with E-state index in [-0.39, 0.29) is 23.0 Å². The second-order valence-electron chi connectivity index (χ2n) is 3.63. The van der Waals surface area contributed by atoms with Crippen LogP contribution in [0, 0.1) is 13.3 Å². The Morgan fingerprint density at radius 1 is 1.04 bits per heavy atom. The summed E-state index contributed by atoms with van der Waals surface area (Å²) in [6, 6.07) is 16.3. The van der Waals surface area contributed by atoms with Crippen LogP contribution in [0.4, 0.5) is 5.69 Å². The van der Waals surface area contributed by atoms with E-state index in [9.17, 15) is 9.59 Å². The number of methoxy groups -OCH3 is 1. The van der Waals surface area contributed by atoms with Crippen LogP contribution in [0.3, 0.4) is 0 Å². The minimum atomic E-state index is -0.403. The van der Waals surface area contributed by atoms with Gasteiger partial charge in [-0.05, 0) is 19.1 Å². The molecule has 0 heterocycles. The Hall–Kier alpha value is -2.49. The molecule has 6 nitrogen and oxygen atoms in total. The van der Waals surface area contributed by atoms with Crippen LogP contribution in [0.1, 0.15) is 17.3 Å². The Balaban J connectivity index is -0.000000368. The average molecular weight is 369 g/mol. The zero-order valence-corrected chi connectivity index (χ0v) is 14.1. The van der Waals surface area contributed by atoms with E-state index >= 15 is 0 Å². The molecule has 0 N–H and O–H groups in total. The van der Waals surface area contributed by atoms with Gasteiger partial charge in [-0.2, -0.15) is 18.2 Å². The van der Waals surface area contributed by atoms with Crippen LogP contribution < -0.4 is 0 Å². The summed E-state index contributed by atoms with van der Waals surface area (Å²) in [6.07, 6.45) is 0. The first kappa shape index (κ1) is 26.4. The molecule has 0 radical (unpaired) electrons. The summed E-state index contributed by atoms with van der Waals surface area (Å²) in [5.41, 5.74) is 0.972. The van der Waals surface area contributed by atoms with Crippen molar-refractivity contribution in [3.63, 3.8) is 0 Å². The van der Waals surface area contributed by atoms with Crippen LogP contribution in [0.5, 0.6) is 0 Å².